The molecule has 1 aliphatic heterocycles. The molecule has 1 heterocycles. The zero-order valence-corrected chi connectivity index (χ0v) is 10.7. The quantitative estimate of drug-likeness (QED) is 0.845. The van der Waals surface area contributed by atoms with Gasteiger partial charge in [0.15, 0.2) is 0 Å². The molecule has 0 radical (unpaired) electrons. The van der Waals surface area contributed by atoms with Crippen molar-refractivity contribution in [3.05, 3.63) is 29.6 Å². The van der Waals surface area contributed by atoms with Gasteiger partial charge in [-0.1, -0.05) is 6.07 Å². The molecule has 0 atom stereocenters. The van der Waals surface area contributed by atoms with Crippen molar-refractivity contribution in [3.8, 4) is 0 Å². The number of nitrogens with one attached hydrogen (secondary N) is 1. The van der Waals surface area contributed by atoms with Crippen LogP contribution in [0.3, 0.4) is 0 Å². The van der Waals surface area contributed by atoms with Crippen molar-refractivity contribution in [2.45, 2.75) is 19.4 Å². The van der Waals surface area contributed by atoms with Gasteiger partial charge in [0.05, 0.1) is 11.3 Å². The highest BCUT2D eigenvalue weighted by Crippen LogP contribution is 2.31. The van der Waals surface area contributed by atoms with Gasteiger partial charge in [-0.2, -0.15) is 0 Å². The van der Waals surface area contributed by atoms with Gasteiger partial charge in [-0.05, 0) is 26.0 Å². The maximum Gasteiger partial charge on any atom is 0.337 e. The molecule has 1 aromatic rings. The van der Waals surface area contributed by atoms with Crippen molar-refractivity contribution in [1.82, 2.24) is 5.32 Å². The molecule has 0 spiro atoms. The normalized spacial score (nSPS) is 18.1. The predicted molar refractivity (Wildman–Crippen MR) is 67.8 cm³/mol. The van der Waals surface area contributed by atoms with Crippen molar-refractivity contribution in [2.75, 3.05) is 18.0 Å². The zero-order chi connectivity index (χ0) is 14.2. The Morgan fingerprint density at radius 1 is 1.47 bits per heavy atom. The van der Waals surface area contributed by atoms with Crippen LogP contribution < -0.4 is 10.2 Å². The molecular formula is C13H15FN2O3. The first-order valence-corrected chi connectivity index (χ1v) is 5.93. The highest BCUT2D eigenvalue weighted by atomic mass is 19.1. The first kappa shape index (κ1) is 13.3. The Kier molecular flexibility index (Phi) is 3.18. The molecule has 102 valence electrons. The number of nitrogens with zero attached hydrogens (tertiary/aromatic N) is 1. The third-order valence-corrected chi connectivity index (χ3v) is 3.34. The predicted octanol–water partition coefficient (Wildman–Crippen LogP) is 1.24. The molecule has 1 aromatic carbocycles. The van der Waals surface area contributed by atoms with E-state index in [-0.39, 0.29) is 17.2 Å². The lowest BCUT2D eigenvalue weighted by atomic mass is 9.96. The molecule has 6 heteroatoms. The maximum absolute atomic E-state index is 14.0. The average Bonchev–Trinajstić information content (AvgIpc) is 2.33. The van der Waals surface area contributed by atoms with Gasteiger partial charge in [0, 0.05) is 13.1 Å². The number of benzene rings is 1. The summed E-state index contributed by atoms with van der Waals surface area (Å²) in [7, 11) is 0. The van der Waals surface area contributed by atoms with Gasteiger partial charge in [0.2, 0.25) is 5.91 Å². The number of para-hydroxylation sites is 1. The van der Waals surface area contributed by atoms with Gasteiger partial charge >= 0.3 is 5.97 Å². The smallest absolute Gasteiger partial charge is 0.337 e. The number of carbonyl (C=O) groups is 2. The van der Waals surface area contributed by atoms with Crippen LogP contribution >= 0.6 is 0 Å². The standard InChI is InChI=1S/C13H15FN2O3/c1-13(2)12(19)15-6-7-16(13)10-8(11(17)18)4-3-5-9(10)14/h3-5H,6-7H2,1-2H3,(H,15,19)(H,17,18). The third-order valence-electron chi connectivity index (χ3n) is 3.34. The minimum Gasteiger partial charge on any atom is -0.478 e. The van der Waals surface area contributed by atoms with E-state index in [1.807, 2.05) is 0 Å². The van der Waals surface area contributed by atoms with E-state index in [2.05, 4.69) is 5.32 Å². The summed E-state index contributed by atoms with van der Waals surface area (Å²) in [6, 6.07) is 3.88. The van der Waals surface area contributed by atoms with Gasteiger partial charge < -0.3 is 15.3 Å². The molecule has 1 amide bonds. The van der Waals surface area contributed by atoms with Crippen LogP contribution in [0.4, 0.5) is 10.1 Å². The Morgan fingerprint density at radius 3 is 2.79 bits per heavy atom. The van der Waals surface area contributed by atoms with E-state index in [0.29, 0.717) is 13.1 Å². The number of hydrogen-bond donors (Lipinski definition) is 2. The van der Waals surface area contributed by atoms with Crippen LogP contribution in [0.1, 0.15) is 24.2 Å². The van der Waals surface area contributed by atoms with Crippen LogP contribution in [-0.2, 0) is 4.79 Å². The van der Waals surface area contributed by atoms with Gasteiger partial charge in [-0.15, -0.1) is 0 Å². The van der Waals surface area contributed by atoms with Crippen LogP contribution in [0.2, 0.25) is 0 Å². The van der Waals surface area contributed by atoms with E-state index in [9.17, 15) is 14.0 Å². The zero-order valence-electron chi connectivity index (χ0n) is 10.7. The Morgan fingerprint density at radius 2 is 2.16 bits per heavy atom. The summed E-state index contributed by atoms with van der Waals surface area (Å²) in [5.41, 5.74) is -1.16. The molecule has 0 unspecified atom stereocenters. The summed E-state index contributed by atoms with van der Waals surface area (Å²) in [6.07, 6.45) is 0. The summed E-state index contributed by atoms with van der Waals surface area (Å²) < 4.78 is 14.0. The number of carbonyl (C=O) groups excluding carboxylic acids is 1. The first-order valence-electron chi connectivity index (χ1n) is 5.93. The fourth-order valence-electron chi connectivity index (χ4n) is 2.25. The SMILES string of the molecule is CC1(C)C(=O)NCCN1c1c(F)cccc1C(=O)O. The molecule has 1 saturated heterocycles. The fourth-order valence-corrected chi connectivity index (χ4v) is 2.25. The summed E-state index contributed by atoms with van der Waals surface area (Å²) in [5, 5.41) is 11.9. The molecule has 2 N–H and O–H groups in total. The van der Waals surface area contributed by atoms with Crippen molar-refractivity contribution in [1.29, 1.82) is 0 Å². The number of piperazine rings is 1. The Bertz CT molecular complexity index is 543. The van der Waals surface area contributed by atoms with Crippen molar-refractivity contribution in [3.63, 3.8) is 0 Å². The number of aromatic carboxylic acids is 1. The van der Waals surface area contributed by atoms with E-state index >= 15 is 0 Å². The Hall–Kier alpha value is -2.11. The van der Waals surface area contributed by atoms with Crippen molar-refractivity contribution < 1.29 is 19.1 Å². The second kappa shape index (κ2) is 4.53. The molecule has 1 fully saturated rings. The molecule has 0 aliphatic carbocycles. The van der Waals surface area contributed by atoms with E-state index < -0.39 is 17.3 Å². The molecular weight excluding hydrogens is 251 g/mol. The molecule has 0 bridgehead atoms. The van der Waals surface area contributed by atoms with Crippen molar-refractivity contribution >= 4 is 17.6 Å². The minimum absolute atomic E-state index is 0.0325. The van der Waals surface area contributed by atoms with Gasteiger partial charge in [-0.25, -0.2) is 9.18 Å². The topological polar surface area (TPSA) is 69.6 Å². The molecule has 0 saturated carbocycles. The minimum atomic E-state index is -1.21. The number of amides is 1. The van der Waals surface area contributed by atoms with E-state index in [1.165, 1.54) is 23.1 Å². The highest BCUT2D eigenvalue weighted by Gasteiger charge is 2.40. The van der Waals surface area contributed by atoms with Gasteiger partial charge in [-0.3, -0.25) is 4.79 Å². The van der Waals surface area contributed by atoms with Crippen LogP contribution in [0.15, 0.2) is 18.2 Å². The van der Waals surface area contributed by atoms with Crippen LogP contribution in [0.25, 0.3) is 0 Å². The van der Waals surface area contributed by atoms with E-state index in [1.54, 1.807) is 13.8 Å². The number of carboxylic acid groups (broad SMARTS) is 1. The molecule has 2 rings (SSSR count). The Labute approximate surface area is 110 Å². The lowest BCUT2D eigenvalue weighted by Crippen LogP contribution is -2.62. The second-order valence-corrected chi connectivity index (χ2v) is 4.91. The largest absolute Gasteiger partial charge is 0.478 e. The molecule has 1 aliphatic rings. The van der Waals surface area contributed by atoms with Crippen LogP contribution in [0, 0.1) is 5.82 Å². The monoisotopic (exact) mass is 266 g/mol. The van der Waals surface area contributed by atoms with Crippen LogP contribution in [-0.4, -0.2) is 35.6 Å². The maximum atomic E-state index is 14.0. The van der Waals surface area contributed by atoms with Gasteiger partial charge in [0.25, 0.3) is 0 Å². The molecule has 0 aromatic heterocycles. The third kappa shape index (κ3) is 2.14. The number of hydrogen-bond acceptors (Lipinski definition) is 3. The van der Waals surface area contributed by atoms with E-state index in [0.717, 1.165) is 0 Å². The number of rotatable bonds is 2. The van der Waals surface area contributed by atoms with Gasteiger partial charge in [0.1, 0.15) is 11.4 Å². The summed E-state index contributed by atoms with van der Waals surface area (Å²) in [6.45, 7) is 3.99. The number of carboxylic acids is 1. The first-order chi connectivity index (χ1) is 8.85. The second-order valence-electron chi connectivity index (χ2n) is 4.91. The van der Waals surface area contributed by atoms with Crippen LogP contribution in [0.5, 0.6) is 0 Å². The lowest BCUT2D eigenvalue weighted by molar-refractivity contribution is -0.126. The average molecular weight is 266 g/mol. The summed E-state index contributed by atoms with van der Waals surface area (Å²) >= 11 is 0. The number of anilines is 1. The summed E-state index contributed by atoms with van der Waals surface area (Å²) in [5.74, 6) is -2.10. The fraction of sp³-hybridized carbons (Fsp3) is 0.385. The lowest BCUT2D eigenvalue weighted by Gasteiger charge is -2.43. The number of halogens is 1. The van der Waals surface area contributed by atoms with Crippen molar-refractivity contribution in [2.24, 2.45) is 0 Å². The molecule has 5 nitrogen and oxygen atoms in total. The summed E-state index contributed by atoms with van der Waals surface area (Å²) in [4.78, 5) is 24.6. The molecule has 19 heavy (non-hydrogen) atoms. The van der Waals surface area contributed by atoms with E-state index in [4.69, 9.17) is 5.11 Å². The Balaban J connectivity index is 2.58. The highest BCUT2D eigenvalue weighted by molar-refractivity contribution is 5.97.